The number of halogens is 1. The summed E-state index contributed by atoms with van der Waals surface area (Å²) < 4.78 is 17.7. The molecule has 5 heteroatoms. The molecule has 0 saturated heterocycles. The molecule has 0 heterocycles. The fraction of sp³-hybridized carbons (Fsp3) is 0.529. The van der Waals surface area contributed by atoms with Crippen LogP contribution in [0.2, 0.25) is 0 Å². The molecule has 22 heavy (non-hydrogen) atoms. The molecule has 0 spiro atoms. The molecule has 1 aromatic rings. The quantitative estimate of drug-likeness (QED) is 0.821. The summed E-state index contributed by atoms with van der Waals surface area (Å²) in [6.45, 7) is 1.89. The van der Waals surface area contributed by atoms with Crippen molar-refractivity contribution in [3.8, 4) is 0 Å². The molecule has 2 rings (SSSR count). The largest absolute Gasteiger partial charge is 0.467 e. The van der Waals surface area contributed by atoms with E-state index in [0.717, 1.165) is 24.8 Å². The van der Waals surface area contributed by atoms with Crippen LogP contribution in [0.3, 0.4) is 0 Å². The normalized spacial score (nSPS) is 17.2. The van der Waals surface area contributed by atoms with Crippen molar-refractivity contribution in [2.24, 2.45) is 11.8 Å². The van der Waals surface area contributed by atoms with Gasteiger partial charge in [-0.15, -0.1) is 0 Å². The highest BCUT2D eigenvalue weighted by Gasteiger charge is 2.31. The van der Waals surface area contributed by atoms with Crippen molar-refractivity contribution in [1.29, 1.82) is 0 Å². The molecule has 2 atom stereocenters. The number of methoxy groups -OCH3 is 1. The maximum Gasteiger partial charge on any atom is 0.328 e. The summed E-state index contributed by atoms with van der Waals surface area (Å²) in [7, 11) is 1.29. The zero-order valence-electron chi connectivity index (χ0n) is 13.0. The fourth-order valence-electron chi connectivity index (χ4n) is 2.65. The van der Waals surface area contributed by atoms with Gasteiger partial charge in [0.2, 0.25) is 5.91 Å². The van der Waals surface area contributed by atoms with Gasteiger partial charge in [-0.1, -0.05) is 25.5 Å². The van der Waals surface area contributed by atoms with E-state index in [-0.39, 0.29) is 24.1 Å². The van der Waals surface area contributed by atoms with Gasteiger partial charge in [0.1, 0.15) is 11.9 Å². The molecule has 0 radical (unpaired) electrons. The van der Waals surface area contributed by atoms with Crippen molar-refractivity contribution in [3.05, 3.63) is 35.6 Å². The van der Waals surface area contributed by atoms with Gasteiger partial charge in [0.25, 0.3) is 0 Å². The third-order valence-corrected chi connectivity index (χ3v) is 4.43. The van der Waals surface area contributed by atoms with Gasteiger partial charge < -0.3 is 10.1 Å². The highest BCUT2D eigenvalue weighted by molar-refractivity contribution is 5.86. The first-order chi connectivity index (χ1) is 10.5. The second kappa shape index (κ2) is 7.38. The molecular weight excluding hydrogens is 285 g/mol. The molecule has 1 amide bonds. The minimum atomic E-state index is -0.745. The fourth-order valence-corrected chi connectivity index (χ4v) is 2.65. The summed E-state index contributed by atoms with van der Waals surface area (Å²) in [6.07, 6.45) is 3.58. The van der Waals surface area contributed by atoms with Crippen molar-refractivity contribution < 1.29 is 18.7 Å². The predicted molar refractivity (Wildman–Crippen MR) is 80.6 cm³/mol. The molecule has 1 aliphatic rings. The summed E-state index contributed by atoms with van der Waals surface area (Å²) in [4.78, 5) is 24.2. The number of nitrogens with one attached hydrogen (secondary N) is 1. The van der Waals surface area contributed by atoms with Crippen molar-refractivity contribution in [2.45, 2.75) is 38.6 Å². The molecular formula is C17H22FNO3. The maximum atomic E-state index is 12.9. The van der Waals surface area contributed by atoms with Crippen molar-refractivity contribution in [3.63, 3.8) is 0 Å². The topological polar surface area (TPSA) is 55.4 Å². The first kappa shape index (κ1) is 16.5. The van der Waals surface area contributed by atoms with Gasteiger partial charge in [-0.05, 0) is 36.5 Å². The van der Waals surface area contributed by atoms with E-state index in [9.17, 15) is 14.0 Å². The van der Waals surface area contributed by atoms with Gasteiger partial charge in [0.15, 0.2) is 0 Å². The van der Waals surface area contributed by atoms with E-state index < -0.39 is 12.0 Å². The van der Waals surface area contributed by atoms with Crippen LogP contribution in [0.15, 0.2) is 24.3 Å². The van der Waals surface area contributed by atoms with Gasteiger partial charge in [0.05, 0.1) is 7.11 Å². The van der Waals surface area contributed by atoms with Crippen LogP contribution in [0, 0.1) is 17.7 Å². The number of carbonyl (C=O) groups is 2. The van der Waals surface area contributed by atoms with Crippen LogP contribution in [-0.4, -0.2) is 25.0 Å². The summed E-state index contributed by atoms with van der Waals surface area (Å²) in [6, 6.07) is 5.13. The van der Waals surface area contributed by atoms with Gasteiger partial charge in [-0.25, -0.2) is 9.18 Å². The molecule has 0 aliphatic heterocycles. The molecule has 0 aromatic heterocycles. The molecule has 1 fully saturated rings. The standard InChI is InChI=1S/C17H22FNO3/c1-11(13-4-3-5-13)16(20)19-15(17(21)22-2)10-12-6-8-14(18)9-7-12/h6-9,11,13,15H,3-5,10H2,1-2H3,(H,19,20). The van der Waals surface area contributed by atoms with Crippen molar-refractivity contribution in [1.82, 2.24) is 5.32 Å². The Balaban J connectivity index is 2.00. The van der Waals surface area contributed by atoms with Crippen LogP contribution in [0.1, 0.15) is 31.7 Å². The van der Waals surface area contributed by atoms with E-state index in [2.05, 4.69) is 5.32 Å². The van der Waals surface area contributed by atoms with Gasteiger partial charge in [0, 0.05) is 12.3 Å². The van der Waals surface area contributed by atoms with Crippen LogP contribution >= 0.6 is 0 Å². The number of hydrogen-bond donors (Lipinski definition) is 1. The highest BCUT2D eigenvalue weighted by Crippen LogP contribution is 2.33. The SMILES string of the molecule is COC(=O)C(Cc1ccc(F)cc1)NC(=O)C(C)C1CCC1. The molecule has 1 saturated carbocycles. The van der Waals surface area contributed by atoms with Crippen LogP contribution in [0.4, 0.5) is 4.39 Å². The smallest absolute Gasteiger partial charge is 0.328 e. The van der Waals surface area contributed by atoms with E-state index >= 15 is 0 Å². The number of benzene rings is 1. The predicted octanol–water partition coefficient (Wildman–Crippen LogP) is 2.46. The molecule has 120 valence electrons. The maximum absolute atomic E-state index is 12.9. The Morgan fingerprint density at radius 1 is 1.32 bits per heavy atom. The summed E-state index contributed by atoms with van der Waals surface area (Å²) in [5, 5.41) is 2.77. The Labute approximate surface area is 130 Å². The summed E-state index contributed by atoms with van der Waals surface area (Å²) >= 11 is 0. The second-order valence-corrected chi connectivity index (χ2v) is 5.89. The Kier molecular flexibility index (Phi) is 5.52. The molecule has 1 N–H and O–H groups in total. The lowest BCUT2D eigenvalue weighted by atomic mass is 9.76. The zero-order chi connectivity index (χ0) is 16.1. The first-order valence-corrected chi connectivity index (χ1v) is 7.64. The number of rotatable bonds is 6. The number of amides is 1. The average Bonchev–Trinajstić information content (AvgIpc) is 2.46. The van der Waals surface area contributed by atoms with Crippen LogP contribution < -0.4 is 5.32 Å². The minimum absolute atomic E-state index is 0.103. The number of carbonyl (C=O) groups excluding carboxylic acids is 2. The lowest BCUT2D eigenvalue weighted by Gasteiger charge is -2.31. The Hall–Kier alpha value is -1.91. The molecule has 1 aromatic carbocycles. The Morgan fingerprint density at radius 3 is 2.45 bits per heavy atom. The minimum Gasteiger partial charge on any atom is -0.467 e. The molecule has 1 aliphatic carbocycles. The number of esters is 1. The van der Waals surface area contributed by atoms with Crippen molar-refractivity contribution in [2.75, 3.05) is 7.11 Å². The van der Waals surface area contributed by atoms with E-state index in [1.165, 1.54) is 19.2 Å². The Bertz CT molecular complexity index is 525. The molecule has 0 bridgehead atoms. The van der Waals surface area contributed by atoms with E-state index in [1.54, 1.807) is 12.1 Å². The van der Waals surface area contributed by atoms with Gasteiger partial charge in [-0.2, -0.15) is 0 Å². The lowest BCUT2D eigenvalue weighted by molar-refractivity contribution is -0.145. The number of ether oxygens (including phenoxy) is 1. The second-order valence-electron chi connectivity index (χ2n) is 5.89. The monoisotopic (exact) mass is 307 g/mol. The van der Waals surface area contributed by atoms with E-state index in [0.29, 0.717) is 5.92 Å². The third-order valence-electron chi connectivity index (χ3n) is 4.43. The number of hydrogen-bond acceptors (Lipinski definition) is 3. The lowest BCUT2D eigenvalue weighted by Crippen LogP contribution is -2.46. The van der Waals surface area contributed by atoms with Gasteiger partial charge in [-0.3, -0.25) is 4.79 Å². The van der Waals surface area contributed by atoms with Gasteiger partial charge >= 0.3 is 5.97 Å². The molecule has 4 nitrogen and oxygen atoms in total. The third kappa shape index (κ3) is 4.06. The van der Waals surface area contributed by atoms with E-state index in [1.807, 2.05) is 6.92 Å². The molecule has 2 unspecified atom stereocenters. The average molecular weight is 307 g/mol. The highest BCUT2D eigenvalue weighted by atomic mass is 19.1. The van der Waals surface area contributed by atoms with Crippen molar-refractivity contribution >= 4 is 11.9 Å². The summed E-state index contributed by atoms with van der Waals surface area (Å²) in [5.74, 6) is -0.639. The summed E-state index contributed by atoms with van der Waals surface area (Å²) in [5.41, 5.74) is 0.772. The Morgan fingerprint density at radius 2 is 1.95 bits per heavy atom. The van der Waals surface area contributed by atoms with Crippen LogP contribution in [-0.2, 0) is 20.7 Å². The first-order valence-electron chi connectivity index (χ1n) is 7.64. The zero-order valence-corrected chi connectivity index (χ0v) is 13.0. The van der Waals surface area contributed by atoms with E-state index in [4.69, 9.17) is 4.74 Å². The van der Waals surface area contributed by atoms with Crippen LogP contribution in [0.5, 0.6) is 0 Å². The van der Waals surface area contributed by atoms with Crippen LogP contribution in [0.25, 0.3) is 0 Å².